The third-order valence-corrected chi connectivity index (χ3v) is 3.42. The van der Waals surface area contributed by atoms with Crippen LogP contribution in [0, 0.1) is 0 Å². The summed E-state index contributed by atoms with van der Waals surface area (Å²) >= 11 is 0. The number of nitrogens with zero attached hydrogens (tertiary/aromatic N) is 2. The number of nitrogens with one attached hydrogen (secondary N) is 1. The lowest BCUT2D eigenvalue weighted by molar-refractivity contribution is -0.129. The molecule has 0 heterocycles. The highest BCUT2D eigenvalue weighted by atomic mass is 16.2. The van der Waals surface area contributed by atoms with E-state index in [1.807, 2.05) is 44.4 Å². The number of hydrogen-bond acceptors (Lipinski definition) is 3. The first kappa shape index (κ1) is 18.2. The van der Waals surface area contributed by atoms with E-state index in [0.29, 0.717) is 26.1 Å². The maximum absolute atomic E-state index is 11.9. The Labute approximate surface area is 133 Å². The number of amides is 2. The van der Waals surface area contributed by atoms with Crippen LogP contribution in [0.3, 0.4) is 0 Å². The molecule has 0 fully saturated rings. The van der Waals surface area contributed by atoms with Crippen LogP contribution in [0.5, 0.6) is 0 Å². The van der Waals surface area contributed by atoms with Gasteiger partial charge in [-0.3, -0.25) is 9.59 Å². The second kappa shape index (κ2) is 9.95. The molecule has 1 N–H and O–H groups in total. The Balaban J connectivity index is 2.28. The molecule has 0 aliphatic rings. The second-order valence-electron chi connectivity index (χ2n) is 5.68. The molecule has 5 nitrogen and oxygen atoms in total. The van der Waals surface area contributed by atoms with Gasteiger partial charge in [0, 0.05) is 33.0 Å². The van der Waals surface area contributed by atoms with Crippen LogP contribution in [0.4, 0.5) is 0 Å². The van der Waals surface area contributed by atoms with E-state index in [0.717, 1.165) is 18.5 Å². The van der Waals surface area contributed by atoms with E-state index < -0.39 is 0 Å². The monoisotopic (exact) mass is 305 g/mol. The smallest absolute Gasteiger partial charge is 0.222 e. The predicted octanol–water partition coefficient (Wildman–Crippen LogP) is 1.49. The van der Waals surface area contributed by atoms with Gasteiger partial charge in [0.2, 0.25) is 11.8 Å². The van der Waals surface area contributed by atoms with Gasteiger partial charge in [0.05, 0.1) is 0 Å². The van der Waals surface area contributed by atoms with Crippen molar-refractivity contribution in [3.8, 4) is 0 Å². The Morgan fingerprint density at radius 2 is 1.73 bits per heavy atom. The Bertz CT molecular complexity index is 460. The van der Waals surface area contributed by atoms with Gasteiger partial charge >= 0.3 is 0 Å². The summed E-state index contributed by atoms with van der Waals surface area (Å²) in [6, 6.07) is 9.80. The van der Waals surface area contributed by atoms with E-state index in [-0.39, 0.29) is 11.8 Å². The zero-order valence-electron chi connectivity index (χ0n) is 13.8. The fraction of sp³-hybridized carbons (Fsp3) is 0.529. The lowest BCUT2D eigenvalue weighted by Crippen LogP contribution is -2.35. The summed E-state index contributed by atoms with van der Waals surface area (Å²) in [7, 11) is 4.02. The van der Waals surface area contributed by atoms with E-state index in [1.165, 1.54) is 0 Å². The summed E-state index contributed by atoms with van der Waals surface area (Å²) in [5, 5.41) is 2.88. The van der Waals surface area contributed by atoms with Crippen LogP contribution in [0.15, 0.2) is 30.3 Å². The molecule has 0 aliphatic heterocycles. The highest BCUT2D eigenvalue weighted by Crippen LogP contribution is 1.99. The van der Waals surface area contributed by atoms with Crippen LogP contribution < -0.4 is 5.32 Å². The highest BCUT2D eigenvalue weighted by molar-refractivity contribution is 5.78. The molecule has 0 atom stereocenters. The van der Waals surface area contributed by atoms with Crippen molar-refractivity contribution in [3.05, 3.63) is 35.9 Å². The number of benzene rings is 1. The van der Waals surface area contributed by atoms with Crippen molar-refractivity contribution < 1.29 is 9.59 Å². The number of rotatable bonds is 9. The van der Waals surface area contributed by atoms with Gasteiger partial charge < -0.3 is 15.1 Å². The van der Waals surface area contributed by atoms with Gasteiger partial charge in [-0.15, -0.1) is 0 Å². The standard InChI is InChI=1S/C17H27N3O2/c1-15(21)20(12-7-11-19(2)3)13-10-17(22)18-14-16-8-5-4-6-9-16/h4-6,8-9H,7,10-14H2,1-3H3,(H,18,22). The minimum absolute atomic E-state index is 0.0228. The maximum atomic E-state index is 11.9. The molecule has 0 bridgehead atoms. The first-order valence-corrected chi connectivity index (χ1v) is 7.70. The molecule has 2 amide bonds. The van der Waals surface area contributed by atoms with Crippen molar-refractivity contribution in [3.63, 3.8) is 0 Å². The normalized spacial score (nSPS) is 10.5. The first-order chi connectivity index (χ1) is 10.5. The summed E-state index contributed by atoms with van der Waals surface area (Å²) in [5.41, 5.74) is 1.07. The molecule has 0 radical (unpaired) electrons. The Hall–Kier alpha value is -1.88. The van der Waals surface area contributed by atoms with E-state index in [4.69, 9.17) is 0 Å². The van der Waals surface area contributed by atoms with Gasteiger partial charge in [-0.2, -0.15) is 0 Å². The predicted molar refractivity (Wildman–Crippen MR) is 88.3 cm³/mol. The Morgan fingerprint density at radius 3 is 2.32 bits per heavy atom. The average Bonchev–Trinajstić information content (AvgIpc) is 2.49. The topological polar surface area (TPSA) is 52.7 Å². The van der Waals surface area contributed by atoms with Crippen LogP contribution in [0.1, 0.15) is 25.3 Å². The maximum Gasteiger partial charge on any atom is 0.222 e. The van der Waals surface area contributed by atoms with Crippen LogP contribution >= 0.6 is 0 Å². The van der Waals surface area contributed by atoms with Crippen LogP contribution in [-0.2, 0) is 16.1 Å². The second-order valence-corrected chi connectivity index (χ2v) is 5.68. The van der Waals surface area contributed by atoms with Crippen molar-refractivity contribution in [1.82, 2.24) is 15.1 Å². The molecule has 1 rings (SSSR count). The molecular formula is C17H27N3O2. The molecule has 5 heteroatoms. The molecule has 0 saturated carbocycles. The SMILES string of the molecule is CC(=O)N(CCCN(C)C)CCC(=O)NCc1ccccc1. The van der Waals surface area contributed by atoms with Gasteiger partial charge in [0.25, 0.3) is 0 Å². The van der Waals surface area contributed by atoms with E-state index in [2.05, 4.69) is 10.2 Å². The largest absolute Gasteiger partial charge is 0.352 e. The molecule has 1 aromatic carbocycles. The molecule has 0 saturated heterocycles. The zero-order valence-corrected chi connectivity index (χ0v) is 13.8. The van der Waals surface area contributed by atoms with Crippen LogP contribution in [-0.4, -0.2) is 55.3 Å². The molecule has 0 unspecified atom stereocenters. The van der Waals surface area contributed by atoms with Gasteiger partial charge in [-0.1, -0.05) is 30.3 Å². The van der Waals surface area contributed by atoms with Gasteiger partial charge in [-0.25, -0.2) is 0 Å². The molecular weight excluding hydrogens is 278 g/mol. The van der Waals surface area contributed by atoms with Crippen molar-refractivity contribution in [2.45, 2.75) is 26.3 Å². The summed E-state index contributed by atoms with van der Waals surface area (Å²) in [4.78, 5) is 27.3. The van der Waals surface area contributed by atoms with Crippen LogP contribution in [0.2, 0.25) is 0 Å². The lowest BCUT2D eigenvalue weighted by atomic mass is 10.2. The molecule has 0 aliphatic carbocycles. The van der Waals surface area contributed by atoms with Crippen molar-refractivity contribution in [2.24, 2.45) is 0 Å². The third kappa shape index (κ3) is 7.78. The Morgan fingerprint density at radius 1 is 1.05 bits per heavy atom. The molecule has 1 aromatic rings. The lowest BCUT2D eigenvalue weighted by Gasteiger charge is -2.21. The summed E-state index contributed by atoms with van der Waals surface area (Å²) in [5.74, 6) is -0.00247. The average molecular weight is 305 g/mol. The van der Waals surface area contributed by atoms with Crippen molar-refractivity contribution >= 4 is 11.8 Å². The van der Waals surface area contributed by atoms with Gasteiger partial charge in [0.15, 0.2) is 0 Å². The van der Waals surface area contributed by atoms with E-state index in [1.54, 1.807) is 11.8 Å². The fourth-order valence-corrected chi connectivity index (χ4v) is 2.13. The van der Waals surface area contributed by atoms with E-state index >= 15 is 0 Å². The highest BCUT2D eigenvalue weighted by Gasteiger charge is 2.11. The minimum Gasteiger partial charge on any atom is -0.352 e. The van der Waals surface area contributed by atoms with Crippen molar-refractivity contribution in [1.29, 1.82) is 0 Å². The molecule has 122 valence electrons. The van der Waals surface area contributed by atoms with Crippen molar-refractivity contribution in [2.75, 3.05) is 33.7 Å². The minimum atomic E-state index is -0.0253. The third-order valence-electron chi connectivity index (χ3n) is 3.42. The summed E-state index contributed by atoms with van der Waals surface area (Å²) in [6.07, 6.45) is 1.26. The number of carbonyl (C=O) groups excluding carboxylic acids is 2. The first-order valence-electron chi connectivity index (χ1n) is 7.70. The quantitative estimate of drug-likeness (QED) is 0.752. The summed E-state index contributed by atoms with van der Waals surface area (Å²) < 4.78 is 0. The Kier molecular flexibility index (Phi) is 8.22. The molecule has 22 heavy (non-hydrogen) atoms. The molecule has 0 spiro atoms. The fourth-order valence-electron chi connectivity index (χ4n) is 2.13. The zero-order chi connectivity index (χ0) is 16.4. The number of carbonyl (C=O) groups is 2. The van der Waals surface area contributed by atoms with Crippen LogP contribution in [0.25, 0.3) is 0 Å². The number of hydrogen-bond donors (Lipinski definition) is 1. The van der Waals surface area contributed by atoms with Gasteiger partial charge in [0.1, 0.15) is 0 Å². The summed E-state index contributed by atoms with van der Waals surface area (Å²) in [6.45, 7) is 4.19. The molecule has 0 aromatic heterocycles. The van der Waals surface area contributed by atoms with E-state index in [9.17, 15) is 9.59 Å². The van der Waals surface area contributed by atoms with Gasteiger partial charge in [-0.05, 0) is 32.6 Å².